The number of rotatable bonds is 1. The van der Waals surface area contributed by atoms with Gasteiger partial charge < -0.3 is 4.74 Å². The van der Waals surface area contributed by atoms with Crippen LogP contribution in [0.5, 0.6) is 0 Å². The highest BCUT2D eigenvalue weighted by molar-refractivity contribution is 5.67. The Hall–Kier alpha value is -0.930. The fourth-order valence-electron chi connectivity index (χ4n) is 0.210. The molecule has 0 N–H and O–H groups in total. The van der Waals surface area contributed by atoms with E-state index >= 15 is 0 Å². The third-order valence-electron chi connectivity index (χ3n) is 0.420. The average molecular weight is 115 g/mol. The summed E-state index contributed by atoms with van der Waals surface area (Å²) in [5.74, 6) is 0. The summed E-state index contributed by atoms with van der Waals surface area (Å²) in [4.78, 5) is 10.1. The van der Waals surface area contributed by atoms with E-state index in [0.29, 0.717) is 6.61 Å². The Morgan fingerprint density at radius 1 is 1.88 bits per heavy atom. The van der Waals surface area contributed by atoms with Gasteiger partial charge >= 0.3 is 6.09 Å². The largest absolute Gasteiger partial charge is 0.452 e. The highest BCUT2D eigenvalue weighted by Gasteiger charge is 1.92. The van der Waals surface area contributed by atoms with E-state index in [9.17, 15) is 4.79 Å². The third kappa shape index (κ3) is 3.27. The summed E-state index contributed by atoms with van der Waals surface area (Å²) in [6.07, 6.45) is -0.692. The van der Waals surface area contributed by atoms with E-state index < -0.39 is 6.09 Å². The molecule has 0 aromatic rings. The fourth-order valence-corrected chi connectivity index (χ4v) is 0.210. The molecule has 0 bridgehead atoms. The van der Waals surface area contributed by atoms with E-state index in [1.807, 2.05) is 0 Å². The van der Waals surface area contributed by atoms with Gasteiger partial charge in [0, 0.05) is 0 Å². The maximum absolute atomic E-state index is 10.1. The number of ether oxygens (including phenoxy) is 1. The summed E-state index contributed by atoms with van der Waals surface area (Å²) in [7, 11) is 2.97. The van der Waals surface area contributed by atoms with E-state index in [-0.39, 0.29) is 0 Å². The molecule has 8 heavy (non-hydrogen) atoms. The first-order valence-corrected chi connectivity index (χ1v) is 2.14. The summed E-state index contributed by atoms with van der Waals surface area (Å²) in [5.41, 5.74) is 0. The molecule has 0 fully saturated rings. The van der Waals surface area contributed by atoms with E-state index in [4.69, 9.17) is 0 Å². The van der Waals surface area contributed by atoms with Crippen LogP contribution in [0.1, 0.15) is 6.92 Å². The van der Waals surface area contributed by atoms with Crippen LogP contribution >= 0.6 is 0 Å². The predicted octanol–water partition coefficient (Wildman–Crippen LogP) is 1.39. The summed E-state index contributed by atoms with van der Waals surface area (Å²) >= 11 is 0. The van der Waals surface area contributed by atoms with Crippen LogP contribution in [0.2, 0.25) is 0 Å². The molecule has 4 nitrogen and oxygen atoms in total. The van der Waals surface area contributed by atoms with Crippen LogP contribution in [0.25, 0.3) is 0 Å². The monoisotopic (exact) mass is 115 g/mol. The van der Waals surface area contributed by atoms with Gasteiger partial charge in [-0.15, -0.1) is 0 Å². The molecule has 0 heterocycles. The fraction of sp³-hybridized carbons (Fsp3) is 0.500. The van der Waals surface area contributed by atoms with Gasteiger partial charge in [-0.05, 0) is 6.92 Å². The van der Waals surface area contributed by atoms with Crippen molar-refractivity contribution < 1.29 is 9.53 Å². The number of nitrogens with zero attached hydrogens (tertiary/aromatic N) is 2. The van der Waals surface area contributed by atoms with Crippen LogP contribution in [0.15, 0.2) is 10.2 Å². The van der Waals surface area contributed by atoms with Crippen molar-refractivity contribution in [2.24, 2.45) is 10.2 Å². The van der Waals surface area contributed by atoms with E-state index in [2.05, 4.69) is 22.0 Å². The molecule has 45 valence electrons. The molecule has 0 atom stereocenters. The Balaban J connectivity index is 3.33. The minimum absolute atomic E-state index is 0.317. The van der Waals surface area contributed by atoms with Crippen molar-refractivity contribution in [2.45, 2.75) is 6.92 Å². The molecule has 0 aliphatic carbocycles. The average Bonchev–Trinajstić information content (AvgIpc) is 1.68. The first kappa shape index (κ1) is 7.07. The highest BCUT2D eigenvalue weighted by atomic mass is 16.5. The molecule has 1 amide bonds. The summed E-state index contributed by atoms with van der Waals surface area (Å²) < 4.78 is 4.34. The molecule has 4 heteroatoms. The molecule has 0 rings (SSSR count). The molecule has 0 saturated heterocycles. The lowest BCUT2D eigenvalue weighted by Gasteiger charge is -1.89. The van der Waals surface area contributed by atoms with Gasteiger partial charge in [0.1, 0.15) is 0 Å². The number of azo groups is 1. The zero-order valence-electron chi connectivity index (χ0n) is 4.63. The summed E-state index contributed by atoms with van der Waals surface area (Å²) in [5, 5.41) is 5.92. The molecular weight excluding hydrogens is 108 g/mol. The number of carbonyl (C=O) groups is 1. The van der Waals surface area contributed by atoms with Crippen molar-refractivity contribution in [3.8, 4) is 0 Å². The molecule has 0 aliphatic rings. The molecule has 0 unspecified atom stereocenters. The van der Waals surface area contributed by atoms with Crippen molar-refractivity contribution in [3.05, 3.63) is 7.05 Å². The lowest BCUT2D eigenvalue weighted by atomic mass is 10.9. The Labute approximate surface area is 47.6 Å². The Kier molecular flexibility index (Phi) is 3.74. The van der Waals surface area contributed by atoms with Crippen molar-refractivity contribution >= 4 is 6.09 Å². The first-order valence-electron chi connectivity index (χ1n) is 2.14. The van der Waals surface area contributed by atoms with E-state index in [1.54, 1.807) is 6.92 Å². The first-order chi connectivity index (χ1) is 3.81. The van der Waals surface area contributed by atoms with Gasteiger partial charge in [-0.2, -0.15) is 5.11 Å². The predicted molar refractivity (Wildman–Crippen MR) is 27.2 cm³/mol. The quantitative estimate of drug-likeness (QED) is 0.485. The Morgan fingerprint density at radius 3 is 2.88 bits per heavy atom. The number of hydrogen-bond acceptors (Lipinski definition) is 3. The van der Waals surface area contributed by atoms with Gasteiger partial charge in [0.15, 0.2) is 0 Å². The van der Waals surface area contributed by atoms with Crippen LogP contribution in [-0.4, -0.2) is 12.7 Å². The topological polar surface area (TPSA) is 51.0 Å². The zero-order valence-corrected chi connectivity index (χ0v) is 4.63. The van der Waals surface area contributed by atoms with E-state index in [1.165, 1.54) is 0 Å². The second kappa shape index (κ2) is 4.23. The Bertz CT molecular complexity index is 100. The van der Waals surface area contributed by atoms with Gasteiger partial charge in [0.2, 0.25) is 0 Å². The minimum Gasteiger partial charge on any atom is -0.447 e. The lowest BCUT2D eigenvalue weighted by molar-refractivity contribution is 0.161. The standard InChI is InChI=1S/C4H7N2O2/c1-3-8-4(7)6-5-2/h2-3H2,1H3. The molecule has 1 radical (unpaired) electrons. The van der Waals surface area contributed by atoms with Crippen molar-refractivity contribution in [1.82, 2.24) is 0 Å². The maximum Gasteiger partial charge on any atom is 0.452 e. The minimum atomic E-state index is -0.692. The maximum atomic E-state index is 10.1. The molecule has 0 aromatic heterocycles. The smallest absolute Gasteiger partial charge is 0.447 e. The molecule has 0 aromatic carbocycles. The lowest BCUT2D eigenvalue weighted by Crippen LogP contribution is -1.95. The Morgan fingerprint density at radius 2 is 2.50 bits per heavy atom. The number of hydrogen-bond donors (Lipinski definition) is 0. The van der Waals surface area contributed by atoms with Crippen molar-refractivity contribution in [1.29, 1.82) is 0 Å². The SMILES string of the molecule is [CH2]N=NC(=O)OCC. The third-order valence-corrected chi connectivity index (χ3v) is 0.420. The second-order valence-electron chi connectivity index (χ2n) is 0.940. The number of carbonyl (C=O) groups excluding carboxylic acids is 1. The molecule has 0 saturated carbocycles. The zero-order chi connectivity index (χ0) is 6.41. The number of amides is 1. The van der Waals surface area contributed by atoms with Crippen LogP contribution in [0.3, 0.4) is 0 Å². The van der Waals surface area contributed by atoms with Crippen LogP contribution in [-0.2, 0) is 4.74 Å². The van der Waals surface area contributed by atoms with Crippen LogP contribution in [0, 0.1) is 7.05 Å². The van der Waals surface area contributed by atoms with Gasteiger partial charge in [0.05, 0.1) is 13.7 Å². The van der Waals surface area contributed by atoms with Crippen LogP contribution in [0.4, 0.5) is 4.79 Å². The summed E-state index contributed by atoms with van der Waals surface area (Å²) in [6, 6.07) is 0. The normalized spacial score (nSPS) is 9.75. The van der Waals surface area contributed by atoms with Gasteiger partial charge in [-0.3, -0.25) is 0 Å². The second-order valence-corrected chi connectivity index (χ2v) is 0.940. The van der Waals surface area contributed by atoms with Gasteiger partial charge in [-0.1, -0.05) is 5.11 Å². The van der Waals surface area contributed by atoms with Gasteiger partial charge in [0.25, 0.3) is 0 Å². The molecule has 0 spiro atoms. The highest BCUT2D eigenvalue weighted by Crippen LogP contribution is 1.82. The van der Waals surface area contributed by atoms with Gasteiger partial charge in [-0.25, -0.2) is 4.79 Å². The van der Waals surface area contributed by atoms with Crippen molar-refractivity contribution in [3.63, 3.8) is 0 Å². The van der Waals surface area contributed by atoms with E-state index in [0.717, 1.165) is 0 Å². The molecular formula is C4H7N2O2. The summed E-state index contributed by atoms with van der Waals surface area (Å²) in [6.45, 7) is 2.01. The van der Waals surface area contributed by atoms with Crippen molar-refractivity contribution in [2.75, 3.05) is 6.61 Å². The van der Waals surface area contributed by atoms with Crippen LogP contribution < -0.4 is 0 Å². The molecule has 0 aliphatic heterocycles.